The first-order valence-corrected chi connectivity index (χ1v) is 11.0. The highest BCUT2D eigenvalue weighted by Gasteiger charge is 2.52. The Balaban J connectivity index is 1.52. The highest BCUT2D eigenvalue weighted by Crippen LogP contribution is 2.41. The van der Waals surface area contributed by atoms with Crippen molar-refractivity contribution in [2.75, 3.05) is 6.54 Å². The number of alkyl halides is 2. The molecule has 2 saturated heterocycles. The third-order valence-corrected chi connectivity index (χ3v) is 7.14. The first kappa shape index (κ1) is 21.8. The molecule has 1 aromatic heterocycles. The largest absolute Gasteiger partial charge is 0.494 e. The molecule has 3 heterocycles. The van der Waals surface area contributed by atoms with E-state index in [9.17, 15) is 13.8 Å². The first-order valence-electron chi connectivity index (χ1n) is 11.0. The minimum absolute atomic E-state index is 0.373. The predicted octanol–water partition coefficient (Wildman–Crippen LogP) is 3.51. The average molecular weight is 441 g/mol. The van der Waals surface area contributed by atoms with Gasteiger partial charge < -0.3 is 24.1 Å². The summed E-state index contributed by atoms with van der Waals surface area (Å²) in [5.74, 6) is -2.42. The van der Waals surface area contributed by atoms with Crippen LogP contribution in [0.5, 0.6) is 0 Å². The van der Waals surface area contributed by atoms with Gasteiger partial charge in [0.1, 0.15) is 5.82 Å². The monoisotopic (exact) mass is 441 g/mol. The number of imidazole rings is 1. The molecule has 2 aliphatic heterocycles. The molecule has 10 heteroatoms. The maximum Gasteiger partial charge on any atom is 0.494 e. The zero-order valence-corrected chi connectivity index (χ0v) is 18.9. The van der Waals surface area contributed by atoms with Crippen molar-refractivity contribution in [3.8, 4) is 0 Å². The van der Waals surface area contributed by atoms with E-state index in [1.165, 1.54) is 11.6 Å². The Kier molecular flexibility index (Phi) is 4.77. The molecule has 0 saturated carbocycles. The van der Waals surface area contributed by atoms with Crippen molar-refractivity contribution in [3.63, 3.8) is 0 Å². The molecule has 2 fully saturated rings. The Bertz CT molecular complexity index is 1180. The molecule has 0 unspecified atom stereocenters. The standard InChI is InChI=1S/C22H27B2F2N3O3/c1-20(2)21(3,4)32-24(31-20)14-7-8-15-13(10-14)6-9-16-18(15)28-19(27-16)17-11-22(25,26)12-29(17)23(5)30/h6-10,17,30H,11-12H2,1-5H3,(H,27,28)/t17-/m0/s1. The molecule has 6 nitrogen and oxygen atoms in total. The molecule has 0 radical (unpaired) electrons. The number of halogens is 2. The van der Waals surface area contributed by atoms with Crippen molar-refractivity contribution in [2.24, 2.45) is 0 Å². The third kappa shape index (κ3) is 3.44. The Labute approximate surface area is 186 Å². The van der Waals surface area contributed by atoms with Crippen LogP contribution in [0.2, 0.25) is 6.82 Å². The van der Waals surface area contributed by atoms with Gasteiger partial charge in [0, 0.05) is 11.8 Å². The number of fused-ring (bicyclic) bond motifs is 3. The summed E-state index contributed by atoms with van der Waals surface area (Å²) in [7, 11) is -1.45. The van der Waals surface area contributed by atoms with Gasteiger partial charge in [0.25, 0.3) is 5.92 Å². The fourth-order valence-electron chi connectivity index (χ4n) is 4.62. The van der Waals surface area contributed by atoms with E-state index in [2.05, 4.69) is 9.97 Å². The van der Waals surface area contributed by atoms with Crippen LogP contribution in [0, 0.1) is 0 Å². The van der Waals surface area contributed by atoms with Gasteiger partial charge in [-0.05, 0) is 51.4 Å². The summed E-state index contributed by atoms with van der Waals surface area (Å²) in [5.41, 5.74) is 1.57. The van der Waals surface area contributed by atoms with Gasteiger partial charge in [0.15, 0.2) is 0 Å². The van der Waals surface area contributed by atoms with Crippen LogP contribution in [0.15, 0.2) is 30.3 Å². The molecule has 2 aromatic carbocycles. The molecular weight excluding hydrogens is 414 g/mol. The summed E-state index contributed by atoms with van der Waals surface area (Å²) in [6, 6.07) is 9.16. The average Bonchev–Trinajstić information content (AvgIpc) is 3.32. The van der Waals surface area contributed by atoms with Crippen LogP contribution < -0.4 is 5.46 Å². The normalized spacial score (nSPS) is 24.6. The number of hydrogen-bond donors (Lipinski definition) is 2. The van der Waals surface area contributed by atoms with Crippen LogP contribution in [0.1, 0.15) is 46.0 Å². The van der Waals surface area contributed by atoms with Gasteiger partial charge >= 0.3 is 14.2 Å². The maximum absolute atomic E-state index is 14.1. The van der Waals surface area contributed by atoms with E-state index in [1.807, 2.05) is 58.0 Å². The molecule has 5 rings (SSSR count). The Hall–Kier alpha value is -2.00. The lowest BCUT2D eigenvalue weighted by Gasteiger charge is -2.32. The first-order chi connectivity index (χ1) is 14.9. The lowest BCUT2D eigenvalue weighted by Crippen LogP contribution is -2.41. The highest BCUT2D eigenvalue weighted by molar-refractivity contribution is 6.62. The van der Waals surface area contributed by atoms with Crippen molar-refractivity contribution in [1.29, 1.82) is 0 Å². The van der Waals surface area contributed by atoms with Crippen LogP contribution in [0.4, 0.5) is 8.78 Å². The summed E-state index contributed by atoms with van der Waals surface area (Å²) in [6.45, 7) is 9.10. The Morgan fingerprint density at radius 1 is 1.16 bits per heavy atom. The van der Waals surface area contributed by atoms with Gasteiger partial charge in [-0.15, -0.1) is 0 Å². The molecule has 1 atom stereocenters. The molecular formula is C22H27B2F2N3O3. The molecule has 0 spiro atoms. The van der Waals surface area contributed by atoms with E-state index < -0.39 is 43.9 Å². The number of aromatic nitrogens is 2. The topological polar surface area (TPSA) is 70.6 Å². The van der Waals surface area contributed by atoms with Crippen molar-refractivity contribution >= 4 is 41.4 Å². The van der Waals surface area contributed by atoms with Crippen molar-refractivity contribution in [2.45, 2.75) is 64.1 Å². The summed E-state index contributed by atoms with van der Waals surface area (Å²) >= 11 is 0. The number of H-pyrrole nitrogens is 1. The second-order valence-corrected chi connectivity index (χ2v) is 10.0. The second-order valence-electron chi connectivity index (χ2n) is 10.0. The summed E-state index contributed by atoms with van der Waals surface area (Å²) in [6.07, 6.45) is -0.373. The lowest BCUT2D eigenvalue weighted by molar-refractivity contribution is 0.00578. The van der Waals surface area contributed by atoms with Crippen LogP contribution in [-0.4, -0.2) is 57.6 Å². The van der Waals surface area contributed by atoms with E-state index in [4.69, 9.17) is 9.31 Å². The maximum atomic E-state index is 14.1. The molecule has 0 amide bonds. The number of benzene rings is 2. The van der Waals surface area contributed by atoms with Crippen molar-refractivity contribution in [3.05, 3.63) is 36.2 Å². The molecule has 2 N–H and O–H groups in total. The fourth-order valence-corrected chi connectivity index (χ4v) is 4.62. The van der Waals surface area contributed by atoms with Gasteiger partial charge in [-0.1, -0.05) is 24.3 Å². The molecule has 0 bridgehead atoms. The van der Waals surface area contributed by atoms with Crippen molar-refractivity contribution < 1.29 is 23.1 Å². The van der Waals surface area contributed by atoms with Crippen LogP contribution in [0.3, 0.4) is 0 Å². The van der Waals surface area contributed by atoms with E-state index in [1.54, 1.807) is 0 Å². The SMILES string of the molecule is CB(O)N1CC(F)(F)C[C@H]1c1nc2ccc3cc(B4OC(C)(C)C(C)(C)O4)ccc3c2[nH]1. The molecule has 168 valence electrons. The zero-order chi connectivity index (χ0) is 23.1. The van der Waals surface area contributed by atoms with Gasteiger partial charge in [-0.25, -0.2) is 13.8 Å². The van der Waals surface area contributed by atoms with E-state index in [-0.39, 0.29) is 6.42 Å². The summed E-state index contributed by atoms with van der Waals surface area (Å²) < 4.78 is 40.5. The minimum Gasteiger partial charge on any atom is -0.437 e. The van der Waals surface area contributed by atoms with Crippen LogP contribution in [-0.2, 0) is 9.31 Å². The Morgan fingerprint density at radius 3 is 2.50 bits per heavy atom. The van der Waals surface area contributed by atoms with Gasteiger partial charge in [0.05, 0.1) is 34.8 Å². The number of hydrogen-bond acceptors (Lipinski definition) is 5. The van der Waals surface area contributed by atoms with Crippen molar-refractivity contribution in [1.82, 2.24) is 14.8 Å². The zero-order valence-electron chi connectivity index (χ0n) is 18.9. The van der Waals surface area contributed by atoms with Gasteiger partial charge in [0.2, 0.25) is 0 Å². The highest BCUT2D eigenvalue weighted by atomic mass is 19.3. The van der Waals surface area contributed by atoms with Crippen LogP contribution >= 0.6 is 0 Å². The number of nitrogens with zero attached hydrogens (tertiary/aromatic N) is 2. The molecule has 32 heavy (non-hydrogen) atoms. The summed E-state index contributed by atoms with van der Waals surface area (Å²) in [5, 5.41) is 11.9. The Morgan fingerprint density at radius 2 is 1.84 bits per heavy atom. The quantitative estimate of drug-likeness (QED) is 0.610. The third-order valence-electron chi connectivity index (χ3n) is 7.14. The molecule has 3 aromatic rings. The second kappa shape index (κ2) is 7.00. The summed E-state index contributed by atoms with van der Waals surface area (Å²) in [4.78, 5) is 9.23. The molecule has 2 aliphatic rings. The van der Waals surface area contributed by atoms with Crippen LogP contribution in [0.25, 0.3) is 21.8 Å². The fraction of sp³-hybridized carbons (Fsp3) is 0.500. The smallest absolute Gasteiger partial charge is 0.437 e. The van der Waals surface area contributed by atoms with Gasteiger partial charge in [-0.3, -0.25) is 0 Å². The lowest BCUT2D eigenvalue weighted by atomic mass is 9.78. The number of rotatable bonds is 3. The predicted molar refractivity (Wildman–Crippen MR) is 122 cm³/mol. The van der Waals surface area contributed by atoms with Gasteiger partial charge in [-0.2, -0.15) is 0 Å². The number of aromatic amines is 1. The number of nitrogens with one attached hydrogen (secondary N) is 1. The minimum atomic E-state index is -2.86. The van der Waals surface area contributed by atoms with E-state index in [0.29, 0.717) is 11.3 Å². The molecule has 0 aliphatic carbocycles. The van der Waals surface area contributed by atoms with E-state index in [0.717, 1.165) is 21.8 Å². The van der Waals surface area contributed by atoms with E-state index >= 15 is 0 Å².